The van der Waals surface area contributed by atoms with E-state index in [-0.39, 0.29) is 86.8 Å². The molecule has 3 aromatic carbocycles. The third-order valence-corrected chi connectivity index (χ3v) is 12.2. The molecule has 1 aliphatic rings. The van der Waals surface area contributed by atoms with Gasteiger partial charge in [0.15, 0.2) is 56.6 Å². The van der Waals surface area contributed by atoms with Gasteiger partial charge in [-0.25, -0.2) is 19.7 Å². The summed E-state index contributed by atoms with van der Waals surface area (Å²) in [5, 5.41) is 54.8. The Kier molecular flexibility index (Phi) is 20.6. The number of nitrogens with one attached hydrogen (secondary N) is 3. The monoisotopic (exact) mass is 1200 g/mol. The van der Waals surface area contributed by atoms with E-state index in [9.17, 15) is 24.3 Å². The van der Waals surface area contributed by atoms with Gasteiger partial charge >= 0.3 is 5.97 Å². The van der Waals surface area contributed by atoms with Crippen LogP contribution in [0.3, 0.4) is 0 Å². The molecule has 0 bridgehead atoms. The van der Waals surface area contributed by atoms with E-state index in [4.69, 9.17) is 46.4 Å². The Hall–Kier alpha value is -8.02. The first-order valence-corrected chi connectivity index (χ1v) is 24.9. The predicted molar refractivity (Wildman–Crippen MR) is 295 cm³/mol. The van der Waals surface area contributed by atoms with Gasteiger partial charge in [0.25, 0.3) is 0 Å². The van der Waals surface area contributed by atoms with Crippen LogP contribution in [0.25, 0.3) is 34.2 Å². The Morgan fingerprint density at radius 1 is 0.557 bits per heavy atom. The van der Waals surface area contributed by atoms with Crippen molar-refractivity contribution in [1.82, 2.24) is 74.9 Å². The summed E-state index contributed by atoms with van der Waals surface area (Å²) >= 11 is 22.9. The fourth-order valence-corrected chi connectivity index (χ4v) is 7.93. The summed E-state index contributed by atoms with van der Waals surface area (Å²) in [4.78, 5) is 58.8. The van der Waals surface area contributed by atoms with Crippen LogP contribution >= 0.6 is 46.4 Å². The maximum atomic E-state index is 12.0. The van der Waals surface area contributed by atoms with Crippen LogP contribution in [0.4, 0.5) is 28.6 Å². The molecule has 0 atom stereocenters. The van der Waals surface area contributed by atoms with Crippen LogP contribution in [0.1, 0.15) is 74.8 Å². The largest absolute Gasteiger partial charge is 0.476 e. The van der Waals surface area contributed by atoms with E-state index < -0.39 is 5.97 Å². The summed E-state index contributed by atoms with van der Waals surface area (Å²) < 4.78 is 4.93. The van der Waals surface area contributed by atoms with E-state index in [0.29, 0.717) is 33.9 Å². The number of rotatable bonds is 12. The van der Waals surface area contributed by atoms with Crippen LogP contribution in [0.5, 0.6) is 0 Å². The van der Waals surface area contributed by atoms with Crippen LogP contribution in [0, 0.1) is 26.7 Å². The first kappa shape index (κ1) is 60.2. The quantitative estimate of drug-likeness (QED) is 0.0653. The number of ketones is 2. The van der Waals surface area contributed by atoms with Gasteiger partial charge in [-0.1, -0.05) is 76.7 Å². The molecule has 1 amide bonds. The van der Waals surface area contributed by atoms with Gasteiger partial charge in [-0.05, 0) is 80.6 Å². The smallest absolute Gasteiger partial charge is 0.358 e. The van der Waals surface area contributed by atoms with Gasteiger partial charge < -0.3 is 21.1 Å². The van der Waals surface area contributed by atoms with Crippen molar-refractivity contribution in [3.05, 3.63) is 146 Å². The third-order valence-electron chi connectivity index (χ3n) is 11.3. The van der Waals surface area contributed by atoms with Crippen LogP contribution < -0.4 is 16.0 Å². The molecule has 402 valence electrons. The van der Waals surface area contributed by atoms with Crippen LogP contribution in [0.2, 0.25) is 20.4 Å². The van der Waals surface area contributed by atoms with E-state index in [1.165, 1.54) is 26.0 Å². The minimum atomic E-state index is -1.22. The molecule has 28 heteroatoms. The van der Waals surface area contributed by atoms with Gasteiger partial charge in [-0.15, -0.1) is 30.6 Å². The standard InChI is InChI=1S/C19H19N7O3.C16H15ClN6O.C10H10ClN3.C6H4Cl2N2O.Zn/c1-10-12(17-20-9-26(2)25-17)4-3-5-13(10)21-14-8-15(22-18(27)11-6-7-11)23-24-16(14)19(28)29;1-9-11(16-18-8-23(3)22-16)5-4-6-12(9)19-13-7-14(17)20-21-15(13)10(2)24;1-7-3-4-8(11)5-9(7)10-12-6-14(2)13-10;1-3(11)6-4(7)2-5(8)9-10-6;/h3-5,8-9,11H,6-7H2,1-2H3,(H,28,29)(H2,21,22,23,27);4-8H,1-3H3,(H,19,20);3-6H,1-2H3;2H,1H3;. The summed E-state index contributed by atoms with van der Waals surface area (Å²) in [6.07, 6.45) is 6.64. The minimum absolute atomic E-state index is 0. The molecule has 0 unspecified atom stereocenters. The number of carbonyl (C=O) groups is 4. The van der Waals surface area contributed by atoms with E-state index in [1.54, 1.807) is 46.1 Å². The Morgan fingerprint density at radius 3 is 1.48 bits per heavy atom. The summed E-state index contributed by atoms with van der Waals surface area (Å²) in [6, 6.07) is 21.4. The number of Topliss-reactive ketones (excluding diaryl/α,β-unsaturated/α-hetero) is 2. The van der Waals surface area contributed by atoms with Gasteiger partial charge in [0.2, 0.25) is 5.91 Å². The van der Waals surface area contributed by atoms with Crippen molar-refractivity contribution in [3.8, 4) is 34.2 Å². The number of benzene rings is 3. The summed E-state index contributed by atoms with van der Waals surface area (Å²) in [5.74, 6) is 0.349. The molecule has 6 heterocycles. The fourth-order valence-electron chi connectivity index (χ4n) is 7.13. The van der Waals surface area contributed by atoms with Gasteiger partial charge in [-0.3, -0.25) is 28.4 Å². The van der Waals surface area contributed by atoms with Gasteiger partial charge in [-0.2, -0.15) is 15.3 Å². The molecular formula is C51H48Cl4N18O5Zn. The molecule has 0 radical (unpaired) electrons. The molecule has 4 N–H and O–H groups in total. The van der Waals surface area contributed by atoms with E-state index in [0.717, 1.165) is 51.9 Å². The second-order valence-corrected chi connectivity index (χ2v) is 19.0. The number of hydrogen-bond donors (Lipinski definition) is 4. The number of amides is 1. The molecule has 1 saturated carbocycles. The number of carbonyl (C=O) groups excluding carboxylic acids is 3. The summed E-state index contributed by atoms with van der Waals surface area (Å²) in [5.41, 5.74) is 7.99. The van der Waals surface area contributed by atoms with Crippen molar-refractivity contribution >= 4 is 98.4 Å². The third kappa shape index (κ3) is 16.0. The zero-order chi connectivity index (χ0) is 56.4. The summed E-state index contributed by atoms with van der Waals surface area (Å²) in [7, 11) is 5.45. The van der Waals surface area contributed by atoms with Crippen molar-refractivity contribution in [1.29, 1.82) is 0 Å². The average molecular weight is 1200 g/mol. The number of carboxylic acids is 1. The van der Waals surface area contributed by atoms with Crippen LogP contribution in [-0.2, 0) is 45.4 Å². The first-order valence-electron chi connectivity index (χ1n) is 23.4. The number of anilines is 5. The molecule has 10 rings (SSSR count). The molecular weight excluding hydrogens is 1150 g/mol. The topological polar surface area (TPSA) is 294 Å². The number of halogens is 4. The van der Waals surface area contributed by atoms with E-state index in [1.807, 2.05) is 89.5 Å². The van der Waals surface area contributed by atoms with Crippen molar-refractivity contribution in [3.63, 3.8) is 0 Å². The van der Waals surface area contributed by atoms with Gasteiger partial charge in [0.05, 0.1) is 16.4 Å². The number of carboxylic acid groups (broad SMARTS) is 1. The Labute approximate surface area is 484 Å². The Morgan fingerprint density at radius 2 is 1.03 bits per heavy atom. The normalized spacial score (nSPS) is 11.3. The van der Waals surface area contributed by atoms with Gasteiger partial charge in [0.1, 0.15) is 24.7 Å². The number of nitrogens with zero attached hydrogens (tertiary/aromatic N) is 15. The second-order valence-electron chi connectivity index (χ2n) is 17.4. The van der Waals surface area contributed by atoms with E-state index in [2.05, 4.69) is 76.8 Å². The molecule has 6 aromatic heterocycles. The molecule has 79 heavy (non-hydrogen) atoms. The zero-order valence-corrected chi connectivity index (χ0v) is 49.7. The molecule has 0 aliphatic heterocycles. The SMILES string of the molecule is CC(=O)c1nnc(Cl)cc1Cl.CC(=O)c1nnc(Cl)cc1Nc1cccc(-c2ncn(C)n2)c1C.Cc1c(Nc2cc(NC(=O)C3CC3)nnc2C(=O)O)cccc1-c1ncn(C)n1.Cc1ccc(Cl)cc1-c1ncn(C)n1.[Zn]. The predicted octanol–water partition coefficient (Wildman–Crippen LogP) is 9.98. The number of aromatic carboxylic acids is 1. The summed E-state index contributed by atoms with van der Waals surface area (Å²) in [6.45, 7) is 8.66. The maximum Gasteiger partial charge on any atom is 0.358 e. The van der Waals surface area contributed by atoms with E-state index >= 15 is 0 Å². The molecule has 0 saturated heterocycles. The molecule has 1 aliphatic carbocycles. The average Bonchev–Trinajstić information content (AvgIpc) is 3.85. The number of aromatic nitrogens is 15. The molecule has 23 nitrogen and oxygen atoms in total. The zero-order valence-electron chi connectivity index (χ0n) is 43.7. The van der Waals surface area contributed by atoms with Crippen LogP contribution in [0.15, 0.2) is 91.8 Å². The minimum Gasteiger partial charge on any atom is -0.476 e. The number of aryl methyl sites for hydroxylation is 4. The van der Waals surface area contributed by atoms with Crippen LogP contribution in [-0.4, -0.2) is 103 Å². The van der Waals surface area contributed by atoms with Crippen molar-refractivity contribution < 1.29 is 43.8 Å². The Balaban J connectivity index is 0.000000181. The fraction of sp³-hybridized carbons (Fsp3) is 0.216. The second kappa shape index (κ2) is 27.0. The first-order chi connectivity index (χ1) is 37.1. The van der Waals surface area contributed by atoms with Crippen molar-refractivity contribution in [2.24, 2.45) is 27.1 Å². The molecule has 0 spiro atoms. The Bertz CT molecular complexity index is 3700. The van der Waals surface area contributed by atoms with Crippen molar-refractivity contribution in [2.45, 2.75) is 47.5 Å². The van der Waals surface area contributed by atoms with Gasteiger partial charge in [0, 0.05) is 106 Å². The number of hydrogen-bond acceptors (Lipinski definition) is 18. The molecule has 9 aromatic rings. The van der Waals surface area contributed by atoms with Crippen molar-refractivity contribution in [2.75, 3.05) is 16.0 Å². The molecule has 1 fully saturated rings. The maximum absolute atomic E-state index is 12.0.